The Hall–Kier alpha value is -0.0500. The van der Waals surface area contributed by atoms with Crippen LogP contribution in [0.2, 0.25) is 0 Å². The maximum absolute atomic E-state index is 11.8. The van der Waals surface area contributed by atoms with E-state index in [1.54, 1.807) is 4.72 Å². The molecule has 0 saturated carbocycles. The highest BCUT2D eigenvalue weighted by Gasteiger charge is 2.38. The maximum Gasteiger partial charge on any atom is 0.415 e. The van der Waals surface area contributed by atoms with Gasteiger partial charge < -0.3 is 5.11 Å². The third-order valence-electron chi connectivity index (χ3n) is 1.42. The van der Waals surface area contributed by atoms with Crippen molar-refractivity contribution in [1.29, 1.82) is 0 Å². The molecular formula is C6H11ClF3NO3S. The first-order valence-corrected chi connectivity index (χ1v) is 6.16. The molecule has 9 heteroatoms. The van der Waals surface area contributed by atoms with Gasteiger partial charge in [-0.25, -0.2) is 13.1 Å². The second-order valence-electron chi connectivity index (χ2n) is 2.77. The van der Waals surface area contributed by atoms with E-state index in [0.29, 0.717) is 0 Å². The molecule has 15 heavy (non-hydrogen) atoms. The molecule has 0 spiro atoms. The van der Waals surface area contributed by atoms with Crippen molar-refractivity contribution in [3.05, 3.63) is 0 Å². The number of sulfonamides is 1. The predicted molar refractivity (Wildman–Crippen MR) is 49.2 cm³/mol. The first-order valence-electron chi connectivity index (χ1n) is 3.97. The van der Waals surface area contributed by atoms with Crippen molar-refractivity contribution in [1.82, 2.24) is 4.72 Å². The minimum absolute atomic E-state index is 0.0999. The van der Waals surface area contributed by atoms with E-state index in [0.717, 1.165) is 0 Å². The zero-order chi connectivity index (χ0) is 12.1. The molecule has 0 aliphatic carbocycles. The Morgan fingerprint density at radius 1 is 1.40 bits per heavy atom. The molecule has 0 rings (SSSR count). The zero-order valence-electron chi connectivity index (χ0n) is 7.59. The Morgan fingerprint density at radius 3 is 2.33 bits per heavy atom. The summed E-state index contributed by atoms with van der Waals surface area (Å²) in [5.74, 6) is -0.260. The van der Waals surface area contributed by atoms with Gasteiger partial charge >= 0.3 is 6.18 Å². The van der Waals surface area contributed by atoms with Gasteiger partial charge in [0.1, 0.15) is 0 Å². The van der Waals surface area contributed by atoms with Crippen LogP contribution in [0.3, 0.4) is 0 Å². The van der Waals surface area contributed by atoms with Crippen LogP contribution >= 0.6 is 11.6 Å². The topological polar surface area (TPSA) is 66.4 Å². The average molecular weight is 270 g/mol. The fourth-order valence-electron chi connectivity index (χ4n) is 0.638. The number of rotatable bonds is 6. The summed E-state index contributed by atoms with van der Waals surface area (Å²) in [5.41, 5.74) is 0. The summed E-state index contributed by atoms with van der Waals surface area (Å²) in [6.07, 6.45) is -7.38. The van der Waals surface area contributed by atoms with E-state index in [1.165, 1.54) is 0 Å². The second-order valence-corrected chi connectivity index (χ2v) is 5.07. The second kappa shape index (κ2) is 5.88. The van der Waals surface area contributed by atoms with E-state index in [9.17, 15) is 21.6 Å². The predicted octanol–water partition coefficient (Wildman–Crippen LogP) is 0.458. The van der Waals surface area contributed by atoms with Crippen LogP contribution in [0.1, 0.15) is 6.42 Å². The monoisotopic (exact) mass is 269 g/mol. The van der Waals surface area contributed by atoms with Crippen molar-refractivity contribution in [3.63, 3.8) is 0 Å². The molecule has 0 radical (unpaired) electrons. The van der Waals surface area contributed by atoms with Gasteiger partial charge in [-0.1, -0.05) is 0 Å². The fourth-order valence-corrected chi connectivity index (χ4v) is 2.01. The number of hydrogen-bond donors (Lipinski definition) is 2. The van der Waals surface area contributed by atoms with Crippen molar-refractivity contribution < 1.29 is 26.7 Å². The number of alkyl halides is 4. The summed E-state index contributed by atoms with van der Waals surface area (Å²) < 4.78 is 58.9. The van der Waals surface area contributed by atoms with Gasteiger partial charge in [0.15, 0.2) is 6.10 Å². The molecule has 0 aliphatic rings. The minimum Gasteiger partial charge on any atom is -0.382 e. The van der Waals surface area contributed by atoms with Gasteiger partial charge in [0, 0.05) is 12.4 Å². The zero-order valence-corrected chi connectivity index (χ0v) is 9.16. The lowest BCUT2D eigenvalue weighted by Gasteiger charge is -2.14. The number of nitrogens with one attached hydrogen (secondary N) is 1. The molecule has 2 N–H and O–H groups in total. The van der Waals surface area contributed by atoms with Crippen LogP contribution in [0.4, 0.5) is 13.2 Å². The van der Waals surface area contributed by atoms with E-state index in [4.69, 9.17) is 16.7 Å². The SMILES string of the molecule is O=S(=O)(CCCCl)NCC(O)C(F)(F)F. The number of hydrogen-bond acceptors (Lipinski definition) is 3. The van der Waals surface area contributed by atoms with Gasteiger partial charge in [0.25, 0.3) is 0 Å². The van der Waals surface area contributed by atoms with Crippen LogP contribution in [-0.2, 0) is 10.0 Å². The molecule has 0 heterocycles. The summed E-state index contributed by atoms with van der Waals surface area (Å²) >= 11 is 5.22. The van der Waals surface area contributed by atoms with Crippen LogP contribution < -0.4 is 4.72 Å². The van der Waals surface area contributed by atoms with Crippen molar-refractivity contribution in [2.24, 2.45) is 0 Å². The Labute approximate surface area is 90.5 Å². The number of aliphatic hydroxyl groups is 1. The molecule has 92 valence electrons. The highest BCUT2D eigenvalue weighted by atomic mass is 35.5. The summed E-state index contributed by atoms with van der Waals surface area (Å²) in [5, 5.41) is 8.50. The van der Waals surface area contributed by atoms with Crippen molar-refractivity contribution in [2.45, 2.75) is 18.7 Å². The van der Waals surface area contributed by atoms with Crippen LogP contribution in [0.5, 0.6) is 0 Å². The molecule has 0 aliphatic heterocycles. The molecular weight excluding hydrogens is 259 g/mol. The number of aliphatic hydroxyl groups excluding tert-OH is 1. The van der Waals surface area contributed by atoms with Gasteiger partial charge in [-0.2, -0.15) is 13.2 Å². The average Bonchev–Trinajstić information content (AvgIpc) is 2.09. The molecule has 0 aromatic rings. The largest absolute Gasteiger partial charge is 0.415 e. The van der Waals surface area contributed by atoms with E-state index >= 15 is 0 Å². The Kier molecular flexibility index (Phi) is 5.86. The van der Waals surface area contributed by atoms with Crippen molar-refractivity contribution in [2.75, 3.05) is 18.2 Å². The lowest BCUT2D eigenvalue weighted by Crippen LogP contribution is -2.41. The van der Waals surface area contributed by atoms with Crippen molar-refractivity contribution in [3.8, 4) is 0 Å². The van der Waals surface area contributed by atoms with E-state index in [2.05, 4.69) is 0 Å². The lowest BCUT2D eigenvalue weighted by molar-refractivity contribution is -0.200. The summed E-state index contributed by atoms with van der Waals surface area (Å²) in [6, 6.07) is 0. The Balaban J connectivity index is 4.05. The molecule has 4 nitrogen and oxygen atoms in total. The summed E-state index contributed by atoms with van der Waals surface area (Å²) in [4.78, 5) is 0. The summed E-state index contributed by atoms with van der Waals surface area (Å²) in [6.45, 7) is -1.08. The maximum atomic E-state index is 11.8. The quantitative estimate of drug-likeness (QED) is 0.689. The summed E-state index contributed by atoms with van der Waals surface area (Å²) in [7, 11) is -3.79. The van der Waals surface area contributed by atoms with E-state index < -0.39 is 28.8 Å². The van der Waals surface area contributed by atoms with E-state index in [-0.39, 0.29) is 18.1 Å². The molecule has 0 saturated heterocycles. The molecule has 0 bridgehead atoms. The highest BCUT2D eigenvalue weighted by Crippen LogP contribution is 2.19. The molecule has 1 atom stereocenters. The van der Waals surface area contributed by atoms with Crippen LogP contribution in [0.25, 0.3) is 0 Å². The third-order valence-corrected chi connectivity index (χ3v) is 3.12. The Bertz CT molecular complexity index is 280. The van der Waals surface area contributed by atoms with Crippen LogP contribution in [0.15, 0.2) is 0 Å². The van der Waals surface area contributed by atoms with E-state index in [1.807, 2.05) is 0 Å². The van der Waals surface area contributed by atoms with Gasteiger partial charge in [0.2, 0.25) is 10.0 Å². The molecule has 0 aromatic heterocycles. The molecule has 0 aromatic carbocycles. The van der Waals surface area contributed by atoms with Crippen LogP contribution in [0, 0.1) is 0 Å². The van der Waals surface area contributed by atoms with Gasteiger partial charge in [-0.15, -0.1) is 11.6 Å². The lowest BCUT2D eigenvalue weighted by atomic mass is 10.4. The molecule has 0 fully saturated rings. The van der Waals surface area contributed by atoms with Gasteiger partial charge in [-0.3, -0.25) is 0 Å². The number of halogens is 4. The fraction of sp³-hybridized carbons (Fsp3) is 1.00. The van der Waals surface area contributed by atoms with Crippen LogP contribution in [-0.4, -0.2) is 44.0 Å². The highest BCUT2D eigenvalue weighted by molar-refractivity contribution is 7.89. The standard InChI is InChI=1S/C6H11ClF3NO3S/c7-2-1-3-15(13,14)11-4-5(12)6(8,9)10/h5,11-12H,1-4H2. The van der Waals surface area contributed by atoms with Gasteiger partial charge in [0.05, 0.1) is 5.75 Å². The third kappa shape index (κ3) is 6.93. The van der Waals surface area contributed by atoms with Crippen molar-refractivity contribution >= 4 is 21.6 Å². The first kappa shape index (κ1) is 14.9. The normalized spacial score (nSPS) is 15.3. The minimum atomic E-state index is -4.82. The molecule has 0 amide bonds. The molecule has 1 unspecified atom stereocenters. The first-order chi connectivity index (χ1) is 6.69. The van der Waals surface area contributed by atoms with Gasteiger partial charge in [-0.05, 0) is 6.42 Å². The Morgan fingerprint density at radius 2 is 1.93 bits per heavy atom. The smallest absolute Gasteiger partial charge is 0.382 e.